The number of benzene rings is 2. The van der Waals surface area contributed by atoms with E-state index >= 15 is 0 Å². The van der Waals surface area contributed by atoms with Crippen LogP contribution in [0.1, 0.15) is 67.5 Å². The summed E-state index contributed by atoms with van der Waals surface area (Å²) in [6.07, 6.45) is 1.51. The zero-order chi connectivity index (χ0) is 15.4. The second-order valence-electron chi connectivity index (χ2n) is 5.96. The van der Waals surface area contributed by atoms with E-state index in [1.807, 2.05) is 12.1 Å². The van der Waals surface area contributed by atoms with E-state index in [0.29, 0.717) is 5.92 Å². The lowest BCUT2D eigenvalue weighted by Crippen LogP contribution is -2.02. The molecule has 2 aromatic carbocycles. The van der Waals surface area contributed by atoms with E-state index < -0.39 is 6.10 Å². The molecule has 21 heavy (non-hydrogen) atoms. The predicted octanol–water partition coefficient (Wildman–Crippen LogP) is 5.02. The second kappa shape index (κ2) is 6.91. The van der Waals surface area contributed by atoms with Crippen LogP contribution >= 0.6 is 0 Å². The van der Waals surface area contributed by atoms with Crippen molar-refractivity contribution >= 4 is 0 Å². The highest BCUT2D eigenvalue weighted by molar-refractivity contribution is 5.38. The van der Waals surface area contributed by atoms with Crippen LogP contribution in [0.15, 0.2) is 42.5 Å². The van der Waals surface area contributed by atoms with Crippen molar-refractivity contribution in [3.8, 4) is 0 Å². The first-order chi connectivity index (χ1) is 10.1. The van der Waals surface area contributed by atoms with Crippen LogP contribution in [0.25, 0.3) is 0 Å². The lowest BCUT2D eigenvalue weighted by molar-refractivity contribution is 0.220. The van der Waals surface area contributed by atoms with Crippen LogP contribution in [-0.2, 0) is 12.8 Å². The Labute approximate surface area is 128 Å². The maximum atomic E-state index is 10.6. The summed E-state index contributed by atoms with van der Waals surface area (Å²) in [5, 5.41) is 10.6. The van der Waals surface area contributed by atoms with Gasteiger partial charge in [0.1, 0.15) is 6.10 Å². The minimum atomic E-state index is -0.539. The molecule has 0 saturated heterocycles. The number of aryl methyl sites for hydroxylation is 2. The van der Waals surface area contributed by atoms with Crippen molar-refractivity contribution < 1.29 is 5.11 Å². The van der Waals surface area contributed by atoms with Gasteiger partial charge in [-0.3, -0.25) is 0 Å². The molecule has 2 rings (SSSR count). The van der Waals surface area contributed by atoms with Crippen molar-refractivity contribution in [2.45, 2.75) is 52.6 Å². The molecular weight excluding hydrogens is 256 g/mol. The van der Waals surface area contributed by atoms with Gasteiger partial charge >= 0.3 is 0 Å². The maximum Gasteiger partial charge on any atom is 0.104 e. The Hall–Kier alpha value is -1.60. The van der Waals surface area contributed by atoms with E-state index in [-0.39, 0.29) is 0 Å². The van der Waals surface area contributed by atoms with Crippen molar-refractivity contribution in [3.05, 3.63) is 70.3 Å². The minimum absolute atomic E-state index is 0.520. The normalized spacial score (nSPS) is 12.7. The van der Waals surface area contributed by atoms with Gasteiger partial charge in [0, 0.05) is 0 Å². The van der Waals surface area contributed by atoms with Crippen molar-refractivity contribution in [3.63, 3.8) is 0 Å². The molecule has 1 unspecified atom stereocenters. The van der Waals surface area contributed by atoms with Crippen molar-refractivity contribution in [1.82, 2.24) is 0 Å². The van der Waals surface area contributed by atoms with Crippen LogP contribution in [0, 0.1) is 0 Å². The SMILES string of the molecule is CCc1ccc(C(O)c2ccc(C(C)C)cc2)cc1CC. The van der Waals surface area contributed by atoms with Crippen LogP contribution < -0.4 is 0 Å². The predicted molar refractivity (Wildman–Crippen MR) is 89.8 cm³/mol. The summed E-state index contributed by atoms with van der Waals surface area (Å²) in [5.74, 6) is 0.520. The monoisotopic (exact) mass is 282 g/mol. The largest absolute Gasteiger partial charge is 0.384 e. The van der Waals surface area contributed by atoms with Crippen LogP contribution in [0.5, 0.6) is 0 Å². The maximum absolute atomic E-state index is 10.6. The number of rotatable bonds is 5. The average Bonchev–Trinajstić information content (AvgIpc) is 2.53. The fourth-order valence-electron chi connectivity index (χ4n) is 2.75. The fourth-order valence-corrected chi connectivity index (χ4v) is 2.75. The highest BCUT2D eigenvalue weighted by Crippen LogP contribution is 2.26. The van der Waals surface area contributed by atoms with Gasteiger partial charge in [0.2, 0.25) is 0 Å². The molecule has 2 aromatic rings. The molecule has 0 aromatic heterocycles. The van der Waals surface area contributed by atoms with Crippen LogP contribution in [0.4, 0.5) is 0 Å². The quantitative estimate of drug-likeness (QED) is 0.816. The topological polar surface area (TPSA) is 20.2 Å². The van der Waals surface area contributed by atoms with Gasteiger partial charge in [-0.2, -0.15) is 0 Å². The smallest absolute Gasteiger partial charge is 0.104 e. The molecule has 1 atom stereocenters. The Bertz CT molecular complexity index is 581. The van der Waals surface area contributed by atoms with E-state index in [0.717, 1.165) is 24.0 Å². The lowest BCUT2D eigenvalue weighted by atomic mass is 9.93. The molecule has 0 aliphatic heterocycles. The van der Waals surface area contributed by atoms with Crippen molar-refractivity contribution in [2.75, 3.05) is 0 Å². The van der Waals surface area contributed by atoms with Gasteiger partial charge in [0.05, 0.1) is 0 Å². The van der Waals surface area contributed by atoms with E-state index in [2.05, 4.69) is 58.0 Å². The lowest BCUT2D eigenvalue weighted by Gasteiger charge is -2.15. The molecule has 0 spiro atoms. The number of hydrogen-bond donors (Lipinski definition) is 1. The summed E-state index contributed by atoms with van der Waals surface area (Å²) in [4.78, 5) is 0. The fraction of sp³-hybridized carbons (Fsp3) is 0.400. The number of aliphatic hydroxyl groups excluding tert-OH is 1. The first kappa shape index (κ1) is 15.8. The molecule has 1 nitrogen and oxygen atoms in total. The zero-order valence-electron chi connectivity index (χ0n) is 13.6. The third-order valence-electron chi connectivity index (χ3n) is 4.23. The van der Waals surface area contributed by atoms with Crippen LogP contribution in [0.3, 0.4) is 0 Å². The Balaban J connectivity index is 2.28. The second-order valence-corrected chi connectivity index (χ2v) is 5.96. The zero-order valence-corrected chi connectivity index (χ0v) is 13.6. The third-order valence-corrected chi connectivity index (χ3v) is 4.23. The Morgan fingerprint density at radius 2 is 1.29 bits per heavy atom. The third kappa shape index (κ3) is 3.54. The highest BCUT2D eigenvalue weighted by Gasteiger charge is 2.12. The molecule has 0 saturated carbocycles. The van der Waals surface area contributed by atoms with Gasteiger partial charge < -0.3 is 5.11 Å². The van der Waals surface area contributed by atoms with Gasteiger partial charge in [-0.05, 0) is 46.6 Å². The summed E-state index contributed by atoms with van der Waals surface area (Å²) >= 11 is 0. The van der Waals surface area contributed by atoms with Crippen molar-refractivity contribution in [1.29, 1.82) is 0 Å². The van der Waals surface area contributed by atoms with Crippen LogP contribution in [-0.4, -0.2) is 5.11 Å². The molecule has 1 heteroatoms. The molecule has 0 aliphatic rings. The van der Waals surface area contributed by atoms with E-state index in [1.165, 1.54) is 16.7 Å². The number of aliphatic hydroxyl groups is 1. The minimum Gasteiger partial charge on any atom is -0.384 e. The average molecular weight is 282 g/mol. The Kier molecular flexibility index (Phi) is 5.19. The molecule has 0 fully saturated rings. The molecule has 0 bridgehead atoms. The van der Waals surface area contributed by atoms with Gasteiger partial charge in [0.15, 0.2) is 0 Å². The summed E-state index contributed by atoms with van der Waals surface area (Å²) in [5.41, 5.74) is 5.98. The summed E-state index contributed by atoms with van der Waals surface area (Å²) < 4.78 is 0. The van der Waals surface area contributed by atoms with Gasteiger partial charge in [0.25, 0.3) is 0 Å². The highest BCUT2D eigenvalue weighted by atomic mass is 16.3. The molecule has 0 radical (unpaired) electrons. The van der Waals surface area contributed by atoms with Gasteiger partial charge in [-0.15, -0.1) is 0 Å². The number of hydrogen-bond acceptors (Lipinski definition) is 1. The Morgan fingerprint density at radius 3 is 1.81 bits per heavy atom. The summed E-state index contributed by atoms with van der Waals surface area (Å²) in [6.45, 7) is 8.71. The van der Waals surface area contributed by atoms with Crippen LogP contribution in [0.2, 0.25) is 0 Å². The molecular formula is C20H26O. The molecule has 0 heterocycles. The summed E-state index contributed by atoms with van der Waals surface area (Å²) in [7, 11) is 0. The summed E-state index contributed by atoms with van der Waals surface area (Å²) in [6, 6.07) is 14.7. The molecule has 1 N–H and O–H groups in total. The first-order valence-electron chi connectivity index (χ1n) is 7.96. The molecule has 0 aliphatic carbocycles. The standard InChI is InChI=1S/C20H26O/c1-5-15-7-12-19(13-16(15)6-2)20(21)18-10-8-17(9-11-18)14(3)4/h7-14,20-21H,5-6H2,1-4H3. The first-order valence-corrected chi connectivity index (χ1v) is 7.96. The Morgan fingerprint density at radius 1 is 0.762 bits per heavy atom. The molecule has 112 valence electrons. The molecule has 0 amide bonds. The van der Waals surface area contributed by atoms with Gasteiger partial charge in [-0.1, -0.05) is 70.2 Å². The van der Waals surface area contributed by atoms with E-state index in [1.54, 1.807) is 0 Å². The van der Waals surface area contributed by atoms with Gasteiger partial charge in [-0.25, -0.2) is 0 Å². The van der Waals surface area contributed by atoms with E-state index in [4.69, 9.17) is 0 Å². The van der Waals surface area contributed by atoms with E-state index in [9.17, 15) is 5.11 Å². The van der Waals surface area contributed by atoms with Crippen molar-refractivity contribution in [2.24, 2.45) is 0 Å².